The Morgan fingerprint density at radius 1 is 1.12 bits per heavy atom. The average molecular weight is 203 g/mol. The van der Waals surface area contributed by atoms with Crippen LogP contribution in [0.15, 0.2) is 0 Å². The van der Waals surface area contributed by atoms with Crippen LogP contribution in [0.25, 0.3) is 0 Å². The van der Waals surface area contributed by atoms with Crippen LogP contribution in [0.3, 0.4) is 0 Å². The Bertz CT molecular complexity index is 62.2. The molecule has 0 aliphatic carbocycles. The van der Waals surface area contributed by atoms with Gasteiger partial charge >= 0.3 is 49.0 Å². The van der Waals surface area contributed by atoms with E-state index in [9.17, 15) is 0 Å². The van der Waals surface area contributed by atoms with E-state index in [-0.39, 0.29) is 53.7 Å². The van der Waals surface area contributed by atoms with Crippen LogP contribution in [0, 0.1) is 0 Å². The van der Waals surface area contributed by atoms with Crippen LogP contribution in [0.5, 0.6) is 0 Å². The van der Waals surface area contributed by atoms with E-state index in [1.165, 1.54) is 0 Å². The Labute approximate surface area is 80.3 Å². The summed E-state index contributed by atoms with van der Waals surface area (Å²) in [6, 6.07) is 0. The summed E-state index contributed by atoms with van der Waals surface area (Å²) in [6.07, 6.45) is 0. The van der Waals surface area contributed by atoms with Crippen LogP contribution in [-0.4, -0.2) is 0 Å². The molecule has 0 spiro atoms. The fourth-order valence-corrected chi connectivity index (χ4v) is 0. The topological polar surface area (TPSA) is 86.2 Å². The molecule has 8 heavy (non-hydrogen) atoms. The third-order valence-corrected chi connectivity index (χ3v) is 0. The van der Waals surface area contributed by atoms with Crippen molar-refractivity contribution in [3.8, 4) is 0 Å². The molecule has 0 unspecified atom stereocenters. The molecule has 0 saturated carbocycles. The van der Waals surface area contributed by atoms with Crippen molar-refractivity contribution >= 4 is 7.82 Å². The standard InChI is InChI=1S/FH.Na.H3O4P.Zn/c;;1-5(2,3)4;/h1H;;(H3,1,2,3,4);/q;+1;;+2/p-3. The first kappa shape index (κ1) is 22.6. The van der Waals surface area contributed by atoms with Crippen LogP contribution in [0.1, 0.15) is 0 Å². The zero-order chi connectivity index (χ0) is 4.50. The summed E-state index contributed by atoms with van der Waals surface area (Å²) in [5.41, 5.74) is 0. The molecule has 0 rings (SSSR count). The van der Waals surface area contributed by atoms with Crippen molar-refractivity contribution in [1.82, 2.24) is 0 Å². The van der Waals surface area contributed by atoms with Crippen LogP contribution >= 0.6 is 7.82 Å². The maximum Gasteiger partial charge on any atom is 2.00 e. The van der Waals surface area contributed by atoms with Crippen molar-refractivity contribution in [3.63, 3.8) is 0 Å². The number of hydrogen-bond donors (Lipinski definition) is 0. The van der Waals surface area contributed by atoms with Crippen molar-refractivity contribution in [2.45, 2.75) is 0 Å². The van der Waals surface area contributed by atoms with Gasteiger partial charge in [0.15, 0.2) is 0 Å². The van der Waals surface area contributed by atoms with E-state index in [1.807, 2.05) is 0 Å². The zero-order valence-corrected chi connectivity index (χ0v) is 10.1. The Hall–Kier alpha value is 1.66. The van der Waals surface area contributed by atoms with Crippen LogP contribution < -0.4 is 44.2 Å². The molecule has 0 heterocycles. The van der Waals surface area contributed by atoms with Gasteiger partial charge in [-0.25, -0.2) is 0 Å². The molecule has 0 aromatic heterocycles. The van der Waals surface area contributed by atoms with E-state index >= 15 is 0 Å². The summed E-state index contributed by atoms with van der Waals surface area (Å²) in [6.45, 7) is 0. The molecule has 4 nitrogen and oxygen atoms in total. The van der Waals surface area contributed by atoms with Crippen molar-refractivity contribution in [1.29, 1.82) is 0 Å². The third kappa shape index (κ3) is 123. The predicted molar refractivity (Wildman–Crippen MR) is 10.1 cm³/mol. The minimum Gasteiger partial charge on any atom is -0.822 e. The average Bonchev–Trinajstić information content (AvgIpc) is 0.722. The normalized spacial score (nSPS) is 7.38. The Kier molecular flexibility index (Phi) is 24.5. The van der Waals surface area contributed by atoms with Crippen LogP contribution in [0.2, 0.25) is 0 Å². The first-order chi connectivity index (χ1) is 2.00. The molecule has 0 atom stereocenters. The molecule has 0 N–H and O–H groups in total. The van der Waals surface area contributed by atoms with Gasteiger partial charge in [0.25, 0.3) is 0 Å². The van der Waals surface area contributed by atoms with E-state index in [2.05, 4.69) is 0 Å². The molecule has 40 valence electrons. The summed E-state index contributed by atoms with van der Waals surface area (Å²) < 4.78 is 8.55. The third-order valence-electron chi connectivity index (χ3n) is 0. The second-order valence-corrected chi connectivity index (χ2v) is 1.34. The van der Waals surface area contributed by atoms with Gasteiger partial charge in [0.1, 0.15) is 0 Å². The van der Waals surface area contributed by atoms with Gasteiger partial charge in [-0.05, 0) is 0 Å². The second kappa shape index (κ2) is 8.66. The SMILES string of the molecule is F.O=P([O-])([O-])[O-].[Na+].[Zn+2]. The predicted octanol–water partition coefficient (Wildman–Crippen LogP) is -5.67. The van der Waals surface area contributed by atoms with Gasteiger partial charge in [-0.1, -0.05) is 0 Å². The molecule has 0 aromatic carbocycles. The minimum atomic E-state index is -5.39. The maximum absolute atomic E-state index is 8.55. The first-order valence-corrected chi connectivity index (χ1v) is 2.19. The largest absolute Gasteiger partial charge is 2.00 e. The van der Waals surface area contributed by atoms with Gasteiger partial charge in [-0.2, -0.15) is 7.82 Å². The van der Waals surface area contributed by atoms with Gasteiger partial charge in [0, 0.05) is 0 Å². The van der Waals surface area contributed by atoms with Gasteiger partial charge in [0.2, 0.25) is 0 Å². The maximum atomic E-state index is 8.55. The Morgan fingerprint density at radius 3 is 1.12 bits per heavy atom. The Balaban J connectivity index is -0.0000000267. The molecule has 0 saturated heterocycles. The van der Waals surface area contributed by atoms with Crippen molar-refractivity contribution < 1.29 is 73.0 Å². The summed E-state index contributed by atoms with van der Waals surface area (Å²) in [5, 5.41) is 0. The summed E-state index contributed by atoms with van der Waals surface area (Å²) >= 11 is 0. The number of phosphoric acid groups is 1. The van der Waals surface area contributed by atoms with Gasteiger partial charge in [-0.15, -0.1) is 0 Å². The zero-order valence-electron chi connectivity index (χ0n) is 4.20. The first-order valence-electron chi connectivity index (χ1n) is 0.730. The van der Waals surface area contributed by atoms with Gasteiger partial charge < -0.3 is 19.2 Å². The fraction of sp³-hybridized carbons (Fsp3) is 0. The molecule has 0 radical (unpaired) electrons. The quantitative estimate of drug-likeness (QED) is 0.290. The second-order valence-electron chi connectivity index (χ2n) is 0.447. The smallest absolute Gasteiger partial charge is 0.822 e. The number of hydrogen-bond acceptors (Lipinski definition) is 4. The monoisotopic (exact) mass is 202 g/mol. The van der Waals surface area contributed by atoms with E-state index in [0.717, 1.165) is 0 Å². The van der Waals surface area contributed by atoms with Crippen LogP contribution in [-0.2, 0) is 24.0 Å². The minimum absolute atomic E-state index is 0. The molecule has 0 bridgehead atoms. The summed E-state index contributed by atoms with van der Waals surface area (Å²) in [4.78, 5) is 25.6. The molecular formula is HFNaO4PZn. The Morgan fingerprint density at radius 2 is 1.12 bits per heavy atom. The molecule has 8 heteroatoms. The van der Waals surface area contributed by atoms with Crippen molar-refractivity contribution in [2.24, 2.45) is 0 Å². The molecule has 0 aromatic rings. The fourth-order valence-electron chi connectivity index (χ4n) is 0. The molecule has 0 aliphatic rings. The van der Waals surface area contributed by atoms with E-state index in [1.54, 1.807) is 0 Å². The van der Waals surface area contributed by atoms with Gasteiger partial charge in [-0.3, -0.25) is 4.70 Å². The van der Waals surface area contributed by atoms with Crippen molar-refractivity contribution in [3.05, 3.63) is 0 Å². The molecule has 0 amide bonds. The molecular weight excluding hydrogens is 202 g/mol. The van der Waals surface area contributed by atoms with E-state index in [0.29, 0.717) is 0 Å². The summed E-state index contributed by atoms with van der Waals surface area (Å²) in [7, 11) is -5.39. The molecule has 0 aliphatic heterocycles. The molecule has 0 fully saturated rings. The van der Waals surface area contributed by atoms with Crippen molar-refractivity contribution in [2.75, 3.05) is 0 Å². The van der Waals surface area contributed by atoms with E-state index < -0.39 is 7.82 Å². The number of halogens is 1. The number of rotatable bonds is 0. The van der Waals surface area contributed by atoms with E-state index in [4.69, 9.17) is 19.2 Å². The van der Waals surface area contributed by atoms with Crippen LogP contribution in [0.4, 0.5) is 4.70 Å². The van der Waals surface area contributed by atoms with Gasteiger partial charge in [0.05, 0.1) is 0 Å². The summed E-state index contributed by atoms with van der Waals surface area (Å²) in [5.74, 6) is 0.